The third-order valence-electron chi connectivity index (χ3n) is 5.58. The van der Waals surface area contributed by atoms with E-state index in [0.29, 0.717) is 6.54 Å². The molecule has 3 rings (SSSR count). The summed E-state index contributed by atoms with van der Waals surface area (Å²) >= 11 is 0. The number of amides is 1. The average molecular weight is 451 g/mol. The van der Waals surface area contributed by atoms with E-state index in [2.05, 4.69) is 5.32 Å². The summed E-state index contributed by atoms with van der Waals surface area (Å²) in [5.41, 5.74) is 5.67. The number of alkyl halides is 3. The number of likely N-dealkylation sites (N-methyl/N-ethyl adjacent to an activating group) is 1. The predicted molar refractivity (Wildman–Crippen MR) is 114 cm³/mol. The molecule has 1 amide bonds. The zero-order chi connectivity index (χ0) is 23.3. The SMILES string of the molecule is CN(Cc1ccccc1)[C@@H]1[C@@H](O)[C@H](Oc2cccc(C(F)(F)F)c2)C[C@H]1NC(=O)CCN. The Morgan fingerprint density at radius 1 is 1.22 bits per heavy atom. The maximum absolute atomic E-state index is 13.0. The van der Waals surface area contributed by atoms with Gasteiger partial charge in [0.25, 0.3) is 0 Å². The zero-order valence-corrected chi connectivity index (χ0v) is 17.8. The van der Waals surface area contributed by atoms with Crippen molar-refractivity contribution in [2.24, 2.45) is 5.73 Å². The number of nitrogens with two attached hydrogens (primary N) is 1. The molecule has 2 aromatic carbocycles. The first-order valence-corrected chi connectivity index (χ1v) is 10.4. The van der Waals surface area contributed by atoms with E-state index in [0.717, 1.165) is 17.7 Å². The normalized spacial score (nSPS) is 23.3. The molecule has 0 radical (unpaired) electrons. The Bertz CT molecular complexity index is 895. The largest absolute Gasteiger partial charge is 0.488 e. The summed E-state index contributed by atoms with van der Waals surface area (Å²) in [5.74, 6) is -0.232. The van der Waals surface area contributed by atoms with Gasteiger partial charge in [-0.25, -0.2) is 0 Å². The minimum atomic E-state index is -4.50. The van der Waals surface area contributed by atoms with Gasteiger partial charge in [-0.1, -0.05) is 36.4 Å². The van der Waals surface area contributed by atoms with Crippen molar-refractivity contribution in [2.75, 3.05) is 13.6 Å². The van der Waals surface area contributed by atoms with Crippen LogP contribution in [-0.2, 0) is 17.5 Å². The topological polar surface area (TPSA) is 87.8 Å². The molecule has 4 N–H and O–H groups in total. The van der Waals surface area contributed by atoms with E-state index in [1.807, 2.05) is 42.3 Å². The number of nitrogens with one attached hydrogen (secondary N) is 1. The van der Waals surface area contributed by atoms with Crippen LogP contribution in [0.1, 0.15) is 24.0 Å². The van der Waals surface area contributed by atoms with Crippen molar-refractivity contribution in [3.8, 4) is 5.75 Å². The molecule has 1 fully saturated rings. The van der Waals surface area contributed by atoms with E-state index in [4.69, 9.17) is 10.5 Å². The van der Waals surface area contributed by atoms with Gasteiger partial charge in [0.1, 0.15) is 18.0 Å². The summed E-state index contributed by atoms with van der Waals surface area (Å²) in [5, 5.41) is 13.9. The van der Waals surface area contributed by atoms with Crippen LogP contribution in [0.5, 0.6) is 5.75 Å². The van der Waals surface area contributed by atoms with Gasteiger partial charge >= 0.3 is 6.18 Å². The lowest BCUT2D eigenvalue weighted by Crippen LogP contribution is -2.52. The van der Waals surface area contributed by atoms with Crippen molar-refractivity contribution in [3.63, 3.8) is 0 Å². The van der Waals surface area contributed by atoms with E-state index in [1.165, 1.54) is 12.1 Å². The Morgan fingerprint density at radius 2 is 1.94 bits per heavy atom. The van der Waals surface area contributed by atoms with E-state index in [1.54, 1.807) is 0 Å². The zero-order valence-electron chi connectivity index (χ0n) is 17.8. The summed E-state index contributed by atoms with van der Waals surface area (Å²) in [6.07, 6.45) is -5.92. The van der Waals surface area contributed by atoms with E-state index in [-0.39, 0.29) is 31.0 Å². The van der Waals surface area contributed by atoms with Crippen molar-refractivity contribution in [2.45, 2.75) is 49.9 Å². The monoisotopic (exact) mass is 451 g/mol. The Morgan fingerprint density at radius 3 is 2.59 bits per heavy atom. The molecule has 1 aliphatic carbocycles. The second-order valence-electron chi connectivity index (χ2n) is 8.01. The molecule has 1 saturated carbocycles. The number of ether oxygens (including phenoxy) is 1. The van der Waals surface area contributed by atoms with Crippen LogP contribution in [0.25, 0.3) is 0 Å². The second kappa shape index (κ2) is 10.3. The predicted octanol–water partition coefficient (Wildman–Crippen LogP) is 2.55. The van der Waals surface area contributed by atoms with Crippen LogP contribution in [0.4, 0.5) is 13.2 Å². The Kier molecular flexibility index (Phi) is 7.76. The molecule has 4 atom stereocenters. The third kappa shape index (κ3) is 5.99. The fourth-order valence-corrected chi connectivity index (χ4v) is 4.12. The molecule has 0 bridgehead atoms. The van der Waals surface area contributed by atoms with Crippen LogP contribution in [0.2, 0.25) is 0 Å². The maximum atomic E-state index is 13.0. The minimum Gasteiger partial charge on any atom is -0.488 e. The Hall–Kier alpha value is -2.62. The first-order chi connectivity index (χ1) is 15.2. The lowest BCUT2D eigenvalue weighted by atomic mass is 10.1. The molecule has 2 aromatic rings. The molecule has 1 aliphatic rings. The number of carbonyl (C=O) groups is 1. The maximum Gasteiger partial charge on any atom is 0.416 e. The molecular weight excluding hydrogens is 423 g/mol. The number of rotatable bonds is 8. The summed E-state index contributed by atoms with van der Waals surface area (Å²) in [4.78, 5) is 14.1. The lowest BCUT2D eigenvalue weighted by Gasteiger charge is -2.32. The van der Waals surface area contributed by atoms with E-state index < -0.39 is 36.0 Å². The summed E-state index contributed by atoms with van der Waals surface area (Å²) in [7, 11) is 1.83. The van der Waals surface area contributed by atoms with Crippen LogP contribution >= 0.6 is 0 Å². The molecule has 0 unspecified atom stereocenters. The average Bonchev–Trinajstić information content (AvgIpc) is 3.03. The number of benzene rings is 2. The molecule has 6 nitrogen and oxygen atoms in total. The van der Waals surface area contributed by atoms with Crippen molar-refractivity contribution >= 4 is 5.91 Å². The Balaban J connectivity index is 1.78. The number of aliphatic hydroxyl groups is 1. The fraction of sp³-hybridized carbons (Fsp3) is 0.435. The molecule has 174 valence electrons. The molecule has 0 aromatic heterocycles. The standard InChI is InChI=1S/C23H28F3N3O3/c1-29(14-15-6-3-2-4-7-15)21-18(28-20(30)10-11-27)13-19(22(21)31)32-17-9-5-8-16(12-17)23(24,25)26/h2-9,12,18-19,21-22,31H,10-11,13-14,27H2,1H3,(H,28,30)/t18-,19-,21+,22+/m1/s1. The first kappa shape index (κ1) is 24.0. The number of hydrogen-bond acceptors (Lipinski definition) is 5. The van der Waals surface area contributed by atoms with Crippen molar-refractivity contribution in [1.29, 1.82) is 0 Å². The van der Waals surface area contributed by atoms with Gasteiger partial charge in [0.2, 0.25) is 5.91 Å². The van der Waals surface area contributed by atoms with Gasteiger partial charge in [0.05, 0.1) is 17.6 Å². The van der Waals surface area contributed by atoms with Crippen LogP contribution < -0.4 is 15.8 Å². The lowest BCUT2D eigenvalue weighted by molar-refractivity contribution is -0.137. The molecule has 0 saturated heterocycles. The summed E-state index contributed by atoms with van der Waals surface area (Å²) < 4.78 is 44.9. The summed E-state index contributed by atoms with van der Waals surface area (Å²) in [6.45, 7) is 0.706. The number of carbonyl (C=O) groups excluding carboxylic acids is 1. The highest BCUT2D eigenvalue weighted by atomic mass is 19.4. The van der Waals surface area contributed by atoms with E-state index >= 15 is 0 Å². The highest BCUT2D eigenvalue weighted by Gasteiger charge is 2.46. The van der Waals surface area contributed by atoms with Gasteiger partial charge in [-0.3, -0.25) is 9.69 Å². The number of halogens is 3. The third-order valence-corrected chi connectivity index (χ3v) is 5.58. The summed E-state index contributed by atoms with van der Waals surface area (Å²) in [6, 6.07) is 13.3. The fourth-order valence-electron chi connectivity index (χ4n) is 4.12. The van der Waals surface area contributed by atoms with Crippen molar-refractivity contribution in [3.05, 3.63) is 65.7 Å². The van der Waals surface area contributed by atoms with Gasteiger partial charge in [-0.2, -0.15) is 13.2 Å². The van der Waals surface area contributed by atoms with Crippen LogP contribution in [0.15, 0.2) is 54.6 Å². The first-order valence-electron chi connectivity index (χ1n) is 10.4. The van der Waals surface area contributed by atoms with Crippen LogP contribution in [0, 0.1) is 0 Å². The molecule has 0 heterocycles. The number of hydrogen-bond donors (Lipinski definition) is 3. The molecule has 32 heavy (non-hydrogen) atoms. The van der Waals surface area contributed by atoms with Gasteiger partial charge in [0.15, 0.2) is 0 Å². The molecule has 9 heteroatoms. The number of nitrogens with zero attached hydrogens (tertiary/aromatic N) is 1. The van der Waals surface area contributed by atoms with Gasteiger partial charge in [-0.15, -0.1) is 0 Å². The van der Waals surface area contributed by atoms with Gasteiger partial charge in [-0.05, 0) is 30.8 Å². The smallest absolute Gasteiger partial charge is 0.416 e. The van der Waals surface area contributed by atoms with Crippen LogP contribution in [-0.4, -0.2) is 53.8 Å². The van der Waals surface area contributed by atoms with Gasteiger partial charge in [0, 0.05) is 25.9 Å². The molecular formula is C23H28F3N3O3. The highest BCUT2D eigenvalue weighted by Crippen LogP contribution is 2.34. The number of aliphatic hydroxyl groups excluding tert-OH is 1. The molecule has 0 aliphatic heterocycles. The minimum absolute atomic E-state index is 0.0160. The molecule has 0 spiro atoms. The Labute approximate surface area is 185 Å². The van der Waals surface area contributed by atoms with Crippen molar-refractivity contribution in [1.82, 2.24) is 10.2 Å². The van der Waals surface area contributed by atoms with Gasteiger partial charge < -0.3 is 20.9 Å². The second-order valence-corrected chi connectivity index (χ2v) is 8.01. The van der Waals surface area contributed by atoms with Crippen LogP contribution in [0.3, 0.4) is 0 Å². The van der Waals surface area contributed by atoms with Crippen molar-refractivity contribution < 1.29 is 27.8 Å². The highest BCUT2D eigenvalue weighted by molar-refractivity contribution is 5.76. The van der Waals surface area contributed by atoms with E-state index in [9.17, 15) is 23.1 Å². The quantitative estimate of drug-likeness (QED) is 0.574.